The molecule has 16 heavy (non-hydrogen) atoms. The Balaban J connectivity index is 2.77. The summed E-state index contributed by atoms with van der Waals surface area (Å²) in [5.41, 5.74) is 0.451. The minimum atomic E-state index is -1.02. The number of aromatic nitrogens is 1. The summed E-state index contributed by atoms with van der Waals surface area (Å²) in [6.45, 7) is 3.51. The van der Waals surface area contributed by atoms with Gasteiger partial charge in [0, 0.05) is 13.2 Å². The molecular formula is C11H16N2O3. The van der Waals surface area contributed by atoms with Crippen molar-refractivity contribution in [3.8, 4) is 0 Å². The Hall–Kier alpha value is -1.78. The average molecular weight is 224 g/mol. The molecular weight excluding hydrogens is 208 g/mol. The Kier molecular flexibility index (Phi) is 3.71. The number of carboxylic acid groups (broad SMARTS) is 1. The third kappa shape index (κ3) is 2.62. The van der Waals surface area contributed by atoms with Crippen LogP contribution in [0.3, 0.4) is 0 Å². The first kappa shape index (κ1) is 12.3. The van der Waals surface area contributed by atoms with Crippen molar-refractivity contribution in [2.75, 3.05) is 0 Å². The van der Waals surface area contributed by atoms with Crippen molar-refractivity contribution in [1.29, 1.82) is 0 Å². The molecule has 0 aromatic carbocycles. The Bertz CT molecular complexity index is 396. The van der Waals surface area contributed by atoms with Crippen LogP contribution in [0.2, 0.25) is 0 Å². The number of aliphatic carboxylic acids is 1. The number of aryl methyl sites for hydroxylation is 1. The SMILES string of the molecule is CC(C)[C@@H](NC(=O)c1cccn1C)C(=O)O. The van der Waals surface area contributed by atoms with Gasteiger partial charge in [0.1, 0.15) is 11.7 Å². The molecule has 0 unspecified atom stereocenters. The van der Waals surface area contributed by atoms with Crippen molar-refractivity contribution < 1.29 is 14.7 Å². The number of rotatable bonds is 4. The number of carbonyl (C=O) groups is 2. The van der Waals surface area contributed by atoms with Crippen molar-refractivity contribution in [1.82, 2.24) is 9.88 Å². The van der Waals surface area contributed by atoms with Crippen molar-refractivity contribution >= 4 is 11.9 Å². The molecule has 5 nitrogen and oxygen atoms in total. The number of amides is 1. The molecule has 0 bridgehead atoms. The molecule has 1 heterocycles. The molecule has 0 aliphatic heterocycles. The van der Waals surface area contributed by atoms with Gasteiger partial charge in [-0.3, -0.25) is 4.79 Å². The van der Waals surface area contributed by atoms with Crippen molar-refractivity contribution in [2.24, 2.45) is 13.0 Å². The zero-order valence-electron chi connectivity index (χ0n) is 9.60. The average Bonchev–Trinajstić information content (AvgIpc) is 2.59. The summed E-state index contributed by atoms with van der Waals surface area (Å²) in [4.78, 5) is 22.7. The molecule has 2 N–H and O–H groups in total. The molecule has 0 spiro atoms. The Morgan fingerprint density at radius 2 is 2.06 bits per heavy atom. The molecule has 1 amide bonds. The molecule has 0 radical (unpaired) electrons. The second-order valence-corrected chi connectivity index (χ2v) is 4.04. The van der Waals surface area contributed by atoms with Crippen LogP contribution in [0.4, 0.5) is 0 Å². The maximum atomic E-state index is 11.8. The highest BCUT2D eigenvalue weighted by atomic mass is 16.4. The summed E-state index contributed by atoms with van der Waals surface area (Å²) < 4.78 is 1.65. The molecule has 5 heteroatoms. The maximum Gasteiger partial charge on any atom is 0.326 e. The van der Waals surface area contributed by atoms with Gasteiger partial charge in [-0.15, -0.1) is 0 Å². The predicted octanol–water partition coefficient (Wildman–Crippen LogP) is 0.864. The van der Waals surface area contributed by atoms with E-state index in [0.29, 0.717) is 5.69 Å². The van der Waals surface area contributed by atoms with Crippen LogP contribution in [0, 0.1) is 5.92 Å². The molecule has 0 saturated carbocycles. The monoisotopic (exact) mass is 224 g/mol. The topological polar surface area (TPSA) is 71.3 Å². The van der Waals surface area contributed by atoms with Crippen LogP contribution in [-0.4, -0.2) is 27.6 Å². The molecule has 0 saturated heterocycles. The van der Waals surface area contributed by atoms with Crippen LogP contribution in [0.5, 0.6) is 0 Å². The van der Waals surface area contributed by atoms with Crippen LogP contribution < -0.4 is 5.32 Å². The van der Waals surface area contributed by atoms with E-state index in [4.69, 9.17) is 5.11 Å². The van der Waals surface area contributed by atoms with Gasteiger partial charge in [0.2, 0.25) is 0 Å². The second-order valence-electron chi connectivity index (χ2n) is 4.04. The lowest BCUT2D eigenvalue weighted by Gasteiger charge is -2.17. The molecule has 0 aliphatic carbocycles. The van der Waals surface area contributed by atoms with E-state index in [2.05, 4.69) is 5.32 Å². The van der Waals surface area contributed by atoms with Crippen molar-refractivity contribution in [3.05, 3.63) is 24.0 Å². The van der Waals surface area contributed by atoms with Crippen LogP contribution in [-0.2, 0) is 11.8 Å². The van der Waals surface area contributed by atoms with Crippen molar-refractivity contribution in [2.45, 2.75) is 19.9 Å². The molecule has 1 aromatic rings. The van der Waals surface area contributed by atoms with Gasteiger partial charge in [-0.2, -0.15) is 0 Å². The zero-order chi connectivity index (χ0) is 12.3. The third-order valence-electron chi connectivity index (χ3n) is 2.40. The number of carbonyl (C=O) groups excluding carboxylic acids is 1. The van der Waals surface area contributed by atoms with E-state index in [0.717, 1.165) is 0 Å². The highest BCUT2D eigenvalue weighted by molar-refractivity contribution is 5.95. The summed E-state index contributed by atoms with van der Waals surface area (Å²) in [6.07, 6.45) is 1.74. The number of nitrogens with zero attached hydrogens (tertiary/aromatic N) is 1. The van der Waals surface area contributed by atoms with E-state index in [9.17, 15) is 9.59 Å². The minimum absolute atomic E-state index is 0.151. The lowest BCUT2D eigenvalue weighted by atomic mass is 10.0. The van der Waals surface area contributed by atoms with Crippen LogP contribution in [0.15, 0.2) is 18.3 Å². The molecule has 0 aliphatic rings. The van der Waals surface area contributed by atoms with Crippen LogP contribution >= 0.6 is 0 Å². The fraction of sp³-hybridized carbons (Fsp3) is 0.455. The fourth-order valence-electron chi connectivity index (χ4n) is 1.43. The predicted molar refractivity (Wildman–Crippen MR) is 59.1 cm³/mol. The van der Waals surface area contributed by atoms with E-state index in [-0.39, 0.29) is 11.8 Å². The fourth-order valence-corrected chi connectivity index (χ4v) is 1.43. The van der Waals surface area contributed by atoms with E-state index < -0.39 is 12.0 Å². The second kappa shape index (κ2) is 4.83. The van der Waals surface area contributed by atoms with Gasteiger partial charge in [-0.1, -0.05) is 13.8 Å². The molecule has 88 valence electrons. The Morgan fingerprint density at radius 3 is 2.44 bits per heavy atom. The highest BCUT2D eigenvalue weighted by Gasteiger charge is 2.24. The van der Waals surface area contributed by atoms with Gasteiger partial charge >= 0.3 is 5.97 Å². The van der Waals surface area contributed by atoms with Gasteiger partial charge in [0.25, 0.3) is 5.91 Å². The summed E-state index contributed by atoms with van der Waals surface area (Å²) in [5.74, 6) is -1.53. The maximum absolute atomic E-state index is 11.8. The van der Waals surface area contributed by atoms with Crippen LogP contribution in [0.1, 0.15) is 24.3 Å². The minimum Gasteiger partial charge on any atom is -0.480 e. The van der Waals surface area contributed by atoms with Crippen molar-refractivity contribution in [3.63, 3.8) is 0 Å². The van der Waals surface area contributed by atoms with Crippen LogP contribution in [0.25, 0.3) is 0 Å². The standard InChI is InChI=1S/C11H16N2O3/c1-7(2)9(11(15)16)12-10(14)8-5-4-6-13(8)3/h4-7,9H,1-3H3,(H,12,14)(H,15,16)/t9-/m1/s1. The summed E-state index contributed by atoms with van der Waals surface area (Å²) in [6, 6.07) is 2.52. The van der Waals surface area contributed by atoms with Gasteiger partial charge in [0.15, 0.2) is 0 Å². The number of hydrogen-bond acceptors (Lipinski definition) is 2. The quantitative estimate of drug-likeness (QED) is 0.797. The Labute approximate surface area is 94.1 Å². The highest BCUT2D eigenvalue weighted by Crippen LogP contribution is 2.05. The van der Waals surface area contributed by atoms with E-state index in [1.807, 2.05) is 0 Å². The van der Waals surface area contributed by atoms with E-state index in [1.54, 1.807) is 43.8 Å². The van der Waals surface area contributed by atoms with Gasteiger partial charge < -0.3 is 15.0 Å². The van der Waals surface area contributed by atoms with Gasteiger partial charge in [0.05, 0.1) is 0 Å². The number of hydrogen-bond donors (Lipinski definition) is 2. The smallest absolute Gasteiger partial charge is 0.326 e. The largest absolute Gasteiger partial charge is 0.480 e. The van der Waals surface area contributed by atoms with Gasteiger partial charge in [-0.05, 0) is 18.1 Å². The first-order valence-corrected chi connectivity index (χ1v) is 5.08. The summed E-state index contributed by atoms with van der Waals surface area (Å²) >= 11 is 0. The van der Waals surface area contributed by atoms with E-state index in [1.165, 1.54) is 0 Å². The van der Waals surface area contributed by atoms with Gasteiger partial charge in [-0.25, -0.2) is 4.79 Å². The third-order valence-corrected chi connectivity index (χ3v) is 2.40. The van der Waals surface area contributed by atoms with E-state index >= 15 is 0 Å². The zero-order valence-corrected chi connectivity index (χ0v) is 9.60. The summed E-state index contributed by atoms with van der Waals surface area (Å²) in [5, 5.41) is 11.4. The Morgan fingerprint density at radius 1 is 1.44 bits per heavy atom. The molecule has 0 fully saturated rings. The molecule has 1 atom stereocenters. The normalized spacial score (nSPS) is 12.5. The molecule has 1 aromatic heterocycles. The lowest BCUT2D eigenvalue weighted by Crippen LogP contribution is -2.44. The first-order valence-electron chi connectivity index (χ1n) is 5.08. The molecule has 1 rings (SSSR count). The first-order chi connectivity index (χ1) is 7.43. The lowest BCUT2D eigenvalue weighted by molar-refractivity contribution is -0.140. The number of nitrogens with one attached hydrogen (secondary N) is 1. The summed E-state index contributed by atoms with van der Waals surface area (Å²) in [7, 11) is 1.74. The number of carboxylic acids is 1.